The second-order valence-electron chi connectivity index (χ2n) is 9.57. The van der Waals surface area contributed by atoms with Gasteiger partial charge in [0.1, 0.15) is 0 Å². The van der Waals surface area contributed by atoms with Crippen LogP contribution in [0.15, 0.2) is 48.8 Å². The molecule has 1 aromatic heterocycles. The molecule has 0 bridgehead atoms. The van der Waals surface area contributed by atoms with E-state index in [1.807, 2.05) is 41.1 Å². The molecule has 2 aliphatic rings. The molecule has 6 nitrogen and oxygen atoms in total. The molecule has 4 rings (SSSR count). The van der Waals surface area contributed by atoms with Gasteiger partial charge in [0, 0.05) is 56.1 Å². The number of carbonyl (C=O) groups excluding carboxylic acids is 2. The van der Waals surface area contributed by atoms with Crippen LogP contribution in [0.2, 0.25) is 0 Å². The number of rotatable bonds is 5. The standard InChI is InChI=1S/C26H34N4O2/c1-18(2)19(3)25(31)29-13-10-21(11-14-29)20-6-8-24(9-7-20)28-26(32)30-16-23(17-30)22-5-4-12-27-15-22/h4-9,12,15,18-19,21,23H,10-11,13-14,16-17H2,1-3H3,(H,28,32). The van der Waals surface area contributed by atoms with Gasteiger partial charge >= 0.3 is 6.03 Å². The summed E-state index contributed by atoms with van der Waals surface area (Å²) in [6.45, 7) is 9.35. The zero-order chi connectivity index (χ0) is 22.7. The minimum atomic E-state index is -0.0519. The Morgan fingerprint density at radius 2 is 1.62 bits per heavy atom. The summed E-state index contributed by atoms with van der Waals surface area (Å²) in [5.74, 6) is 1.58. The van der Waals surface area contributed by atoms with Gasteiger partial charge in [-0.3, -0.25) is 9.78 Å². The molecule has 0 spiro atoms. The number of urea groups is 1. The van der Waals surface area contributed by atoms with E-state index < -0.39 is 0 Å². The normalized spacial score (nSPS) is 18.4. The number of hydrogen-bond acceptors (Lipinski definition) is 3. The third kappa shape index (κ3) is 4.95. The number of piperidine rings is 1. The molecule has 32 heavy (non-hydrogen) atoms. The molecule has 1 aromatic carbocycles. The summed E-state index contributed by atoms with van der Waals surface area (Å²) >= 11 is 0. The topological polar surface area (TPSA) is 65.5 Å². The Labute approximate surface area is 191 Å². The van der Waals surface area contributed by atoms with E-state index in [1.165, 1.54) is 11.1 Å². The van der Waals surface area contributed by atoms with E-state index in [0.717, 1.165) is 44.7 Å². The van der Waals surface area contributed by atoms with Crippen molar-refractivity contribution in [1.29, 1.82) is 0 Å². The van der Waals surface area contributed by atoms with E-state index in [-0.39, 0.29) is 17.9 Å². The fraction of sp³-hybridized carbons (Fsp3) is 0.500. The number of aromatic nitrogens is 1. The molecular formula is C26H34N4O2. The molecule has 170 valence electrons. The molecule has 2 aliphatic heterocycles. The van der Waals surface area contributed by atoms with Gasteiger partial charge in [0.2, 0.25) is 5.91 Å². The molecule has 1 atom stereocenters. The van der Waals surface area contributed by atoms with Gasteiger partial charge in [-0.2, -0.15) is 0 Å². The Kier molecular flexibility index (Phi) is 6.77. The first kappa shape index (κ1) is 22.3. The zero-order valence-corrected chi connectivity index (χ0v) is 19.3. The van der Waals surface area contributed by atoms with Crippen LogP contribution in [0, 0.1) is 11.8 Å². The van der Waals surface area contributed by atoms with Crippen LogP contribution in [0.1, 0.15) is 56.6 Å². The molecule has 0 aliphatic carbocycles. The highest BCUT2D eigenvalue weighted by molar-refractivity contribution is 5.90. The predicted octanol–water partition coefficient (Wildman–Crippen LogP) is 4.71. The molecule has 6 heteroatoms. The maximum absolute atomic E-state index is 12.6. The van der Waals surface area contributed by atoms with E-state index in [9.17, 15) is 9.59 Å². The first-order chi connectivity index (χ1) is 15.4. The first-order valence-electron chi connectivity index (χ1n) is 11.8. The molecule has 1 N–H and O–H groups in total. The van der Waals surface area contributed by atoms with Gasteiger partial charge in [0.05, 0.1) is 0 Å². The van der Waals surface area contributed by atoms with Gasteiger partial charge in [-0.25, -0.2) is 4.79 Å². The number of nitrogens with one attached hydrogen (secondary N) is 1. The predicted molar refractivity (Wildman–Crippen MR) is 127 cm³/mol. The number of likely N-dealkylation sites (tertiary alicyclic amines) is 2. The number of amides is 3. The first-order valence-corrected chi connectivity index (χ1v) is 11.8. The van der Waals surface area contributed by atoms with Gasteiger partial charge in [-0.05, 0) is 54.0 Å². The van der Waals surface area contributed by atoms with Crippen molar-refractivity contribution in [3.05, 3.63) is 59.9 Å². The molecule has 0 saturated carbocycles. The Morgan fingerprint density at radius 1 is 0.938 bits per heavy atom. The van der Waals surface area contributed by atoms with Crippen LogP contribution in [0.5, 0.6) is 0 Å². The average molecular weight is 435 g/mol. The van der Waals surface area contributed by atoms with E-state index >= 15 is 0 Å². The monoisotopic (exact) mass is 434 g/mol. The lowest BCUT2D eigenvalue weighted by molar-refractivity contribution is -0.137. The molecule has 1 unspecified atom stereocenters. The van der Waals surface area contributed by atoms with E-state index in [2.05, 4.69) is 42.3 Å². The molecule has 2 saturated heterocycles. The van der Waals surface area contributed by atoms with Crippen LogP contribution in [0.25, 0.3) is 0 Å². The smallest absolute Gasteiger partial charge is 0.321 e. The third-order valence-corrected chi connectivity index (χ3v) is 7.15. The Bertz CT molecular complexity index is 915. The molecule has 2 fully saturated rings. The second kappa shape index (κ2) is 9.72. The highest BCUT2D eigenvalue weighted by Gasteiger charge is 2.32. The van der Waals surface area contributed by atoms with Crippen molar-refractivity contribution in [1.82, 2.24) is 14.8 Å². The quantitative estimate of drug-likeness (QED) is 0.741. The summed E-state index contributed by atoms with van der Waals surface area (Å²) in [6.07, 6.45) is 5.63. The number of carbonyl (C=O) groups is 2. The lowest BCUT2D eigenvalue weighted by Gasteiger charge is -2.39. The van der Waals surface area contributed by atoms with Gasteiger partial charge in [-0.15, -0.1) is 0 Å². The van der Waals surface area contributed by atoms with Crippen molar-refractivity contribution in [3.63, 3.8) is 0 Å². The lowest BCUT2D eigenvalue weighted by Crippen LogP contribution is -2.50. The van der Waals surface area contributed by atoms with Gasteiger partial charge in [-0.1, -0.05) is 39.0 Å². The maximum Gasteiger partial charge on any atom is 0.321 e. The summed E-state index contributed by atoms with van der Waals surface area (Å²) in [4.78, 5) is 33.1. The van der Waals surface area contributed by atoms with Crippen molar-refractivity contribution in [2.45, 2.75) is 45.4 Å². The highest BCUT2D eigenvalue weighted by atomic mass is 16.2. The molecule has 0 radical (unpaired) electrons. The van der Waals surface area contributed by atoms with E-state index in [4.69, 9.17) is 0 Å². The highest BCUT2D eigenvalue weighted by Crippen LogP contribution is 2.31. The van der Waals surface area contributed by atoms with Crippen LogP contribution in [0.4, 0.5) is 10.5 Å². The summed E-state index contributed by atoms with van der Waals surface area (Å²) in [6, 6.07) is 12.2. The van der Waals surface area contributed by atoms with Crippen molar-refractivity contribution in [2.75, 3.05) is 31.5 Å². The average Bonchev–Trinajstić information content (AvgIpc) is 2.78. The van der Waals surface area contributed by atoms with Gasteiger partial charge in [0.15, 0.2) is 0 Å². The van der Waals surface area contributed by atoms with Gasteiger partial charge < -0.3 is 15.1 Å². The van der Waals surface area contributed by atoms with Crippen molar-refractivity contribution in [3.8, 4) is 0 Å². The van der Waals surface area contributed by atoms with Crippen LogP contribution >= 0.6 is 0 Å². The molecular weight excluding hydrogens is 400 g/mol. The largest absolute Gasteiger partial charge is 0.342 e. The molecule has 3 amide bonds. The lowest BCUT2D eigenvalue weighted by atomic mass is 9.88. The number of benzene rings is 1. The number of anilines is 1. The Morgan fingerprint density at radius 3 is 2.22 bits per heavy atom. The third-order valence-electron chi connectivity index (χ3n) is 7.15. The molecule has 2 aromatic rings. The zero-order valence-electron chi connectivity index (χ0n) is 19.3. The summed E-state index contributed by atoms with van der Waals surface area (Å²) in [5, 5.41) is 3.01. The summed E-state index contributed by atoms with van der Waals surface area (Å²) in [7, 11) is 0. The Balaban J connectivity index is 1.24. The second-order valence-corrected chi connectivity index (χ2v) is 9.57. The minimum Gasteiger partial charge on any atom is -0.342 e. The fourth-order valence-corrected chi connectivity index (χ4v) is 4.52. The van der Waals surface area contributed by atoms with Crippen molar-refractivity contribution >= 4 is 17.6 Å². The van der Waals surface area contributed by atoms with E-state index in [0.29, 0.717) is 17.8 Å². The van der Waals surface area contributed by atoms with E-state index in [1.54, 1.807) is 6.20 Å². The summed E-state index contributed by atoms with van der Waals surface area (Å²) in [5.41, 5.74) is 3.29. The number of pyridine rings is 1. The fourth-order valence-electron chi connectivity index (χ4n) is 4.52. The van der Waals surface area contributed by atoms with Gasteiger partial charge in [0.25, 0.3) is 0 Å². The van der Waals surface area contributed by atoms with Crippen LogP contribution < -0.4 is 5.32 Å². The van der Waals surface area contributed by atoms with Crippen molar-refractivity contribution in [2.24, 2.45) is 11.8 Å². The number of nitrogens with zero attached hydrogens (tertiary/aromatic N) is 3. The summed E-state index contributed by atoms with van der Waals surface area (Å²) < 4.78 is 0. The minimum absolute atomic E-state index is 0.0519. The molecule has 3 heterocycles. The van der Waals surface area contributed by atoms with Crippen molar-refractivity contribution < 1.29 is 9.59 Å². The Hall–Kier alpha value is -2.89. The number of hydrogen-bond donors (Lipinski definition) is 1. The van der Waals surface area contributed by atoms with Crippen LogP contribution in [-0.2, 0) is 4.79 Å². The maximum atomic E-state index is 12.6. The van der Waals surface area contributed by atoms with Crippen LogP contribution in [-0.4, -0.2) is 52.9 Å². The van der Waals surface area contributed by atoms with Crippen LogP contribution in [0.3, 0.4) is 0 Å². The SMILES string of the molecule is CC(C)C(C)C(=O)N1CCC(c2ccc(NC(=O)N3CC(c4cccnc4)C3)cc2)CC1.